The van der Waals surface area contributed by atoms with Crippen LogP contribution in [-0.2, 0) is 20.8 Å². The molecule has 0 radical (unpaired) electrons. The first-order valence-electron chi connectivity index (χ1n) is 6.32. The number of hydrogen-bond acceptors (Lipinski definition) is 8. The number of aliphatic carboxylic acids is 1. The maximum atomic E-state index is 12.1. The summed E-state index contributed by atoms with van der Waals surface area (Å²) in [5.74, 6) is -1.65. The van der Waals surface area contributed by atoms with E-state index in [4.69, 9.17) is 22.4 Å². The summed E-state index contributed by atoms with van der Waals surface area (Å²) in [6.07, 6.45) is -0.1000. The number of fused-ring (bicyclic) bond motifs is 1. The molecule has 0 spiro atoms. The minimum absolute atomic E-state index is 0.1000. The Morgan fingerprint density at radius 1 is 1.52 bits per heavy atom. The number of anilines is 1. The van der Waals surface area contributed by atoms with Crippen molar-refractivity contribution in [2.24, 2.45) is 0 Å². The highest BCUT2D eigenvalue weighted by Gasteiger charge is 2.54. The molecule has 0 bridgehead atoms. The zero-order valence-corrected chi connectivity index (χ0v) is 13.7. The van der Waals surface area contributed by atoms with Crippen LogP contribution < -0.4 is 11.1 Å². The Kier molecular flexibility index (Phi) is 4.17. The van der Waals surface area contributed by atoms with Crippen molar-refractivity contribution >= 4 is 57.8 Å². The topological polar surface area (TPSA) is 139 Å². The zero-order valence-electron chi connectivity index (χ0n) is 11.4. The predicted octanol–water partition coefficient (Wildman–Crippen LogP) is -0.402. The number of carboxylic acids is 1. The van der Waals surface area contributed by atoms with Crippen LogP contribution in [0.5, 0.6) is 0 Å². The Balaban J connectivity index is 1.66. The number of carbonyl (C=O) groups excluding carboxylic acids is 2. The zero-order chi connectivity index (χ0) is 16.7. The number of aromatic nitrogens is 2. The summed E-state index contributed by atoms with van der Waals surface area (Å²) in [5, 5.41) is 11.6. The van der Waals surface area contributed by atoms with Gasteiger partial charge in [0.05, 0.1) is 11.5 Å². The molecular weight excluding hydrogens is 366 g/mol. The molecule has 3 rings (SSSR count). The molecule has 4 N–H and O–H groups in total. The van der Waals surface area contributed by atoms with E-state index in [-0.39, 0.29) is 33.9 Å². The molecule has 1 aromatic heterocycles. The van der Waals surface area contributed by atoms with Gasteiger partial charge in [-0.25, -0.2) is 9.78 Å². The van der Waals surface area contributed by atoms with Crippen LogP contribution in [0, 0.1) is 0 Å². The minimum atomic E-state index is -1.26. The Morgan fingerprint density at radius 3 is 2.87 bits per heavy atom. The van der Waals surface area contributed by atoms with E-state index in [9.17, 15) is 14.4 Å². The van der Waals surface area contributed by atoms with Gasteiger partial charge in [0.15, 0.2) is 11.0 Å². The van der Waals surface area contributed by atoms with Crippen LogP contribution in [0.2, 0.25) is 0 Å². The number of nitrogen functional groups attached to an aromatic ring is 1. The highest BCUT2D eigenvalue weighted by molar-refractivity contribution is 8.00. The molecule has 122 valence electrons. The van der Waals surface area contributed by atoms with Crippen LogP contribution >= 0.6 is 34.9 Å². The van der Waals surface area contributed by atoms with Gasteiger partial charge in [0, 0.05) is 17.3 Å². The lowest BCUT2D eigenvalue weighted by molar-refractivity contribution is -0.150. The standard InChI is InChI=1S/C11H10ClN5O4S2/c12-3-2-22-9-6(8(19)17(9)7(3)10(20)21)15-5(18)1-4-14-11(13)23-16-4/h6,9H,1-2H2,(H,15,18)(H,20,21)(H2,13,14,16)/t6-,9-/m1/s1. The number of carboxylic acid groups (broad SMARTS) is 1. The molecule has 2 amide bonds. The first kappa shape index (κ1) is 16.0. The van der Waals surface area contributed by atoms with E-state index in [1.807, 2.05) is 0 Å². The van der Waals surface area contributed by atoms with Gasteiger partial charge in [-0.1, -0.05) is 11.6 Å². The summed E-state index contributed by atoms with van der Waals surface area (Å²) in [6, 6.07) is -0.789. The maximum Gasteiger partial charge on any atom is 0.353 e. The van der Waals surface area contributed by atoms with E-state index in [0.29, 0.717) is 0 Å². The summed E-state index contributed by atoms with van der Waals surface area (Å²) in [5.41, 5.74) is 5.21. The third kappa shape index (κ3) is 2.86. The number of nitrogens with zero attached hydrogens (tertiary/aromatic N) is 3. The molecule has 2 atom stereocenters. The van der Waals surface area contributed by atoms with Gasteiger partial charge in [0.1, 0.15) is 17.1 Å². The number of thioether (sulfide) groups is 1. The van der Waals surface area contributed by atoms with Crippen molar-refractivity contribution in [1.82, 2.24) is 19.6 Å². The second-order valence-corrected chi connectivity index (χ2v) is 7.08. The van der Waals surface area contributed by atoms with Crippen molar-refractivity contribution in [1.29, 1.82) is 0 Å². The molecule has 1 fully saturated rings. The molecule has 0 aliphatic carbocycles. The lowest BCUT2D eigenvalue weighted by Crippen LogP contribution is -2.70. The Morgan fingerprint density at radius 2 is 2.26 bits per heavy atom. The fourth-order valence-corrected chi connectivity index (χ4v) is 4.29. The second-order valence-electron chi connectivity index (χ2n) is 4.74. The lowest BCUT2D eigenvalue weighted by Gasteiger charge is -2.48. The van der Waals surface area contributed by atoms with Crippen LogP contribution in [0.3, 0.4) is 0 Å². The molecule has 0 unspecified atom stereocenters. The van der Waals surface area contributed by atoms with Crippen molar-refractivity contribution in [3.05, 3.63) is 16.6 Å². The van der Waals surface area contributed by atoms with Crippen LogP contribution in [-0.4, -0.2) is 54.3 Å². The van der Waals surface area contributed by atoms with E-state index >= 15 is 0 Å². The molecule has 3 heterocycles. The fourth-order valence-electron chi connectivity index (χ4n) is 2.29. The Labute approximate surface area is 143 Å². The summed E-state index contributed by atoms with van der Waals surface area (Å²) >= 11 is 8.14. The molecule has 2 aliphatic rings. The van der Waals surface area contributed by atoms with Crippen molar-refractivity contribution in [2.45, 2.75) is 17.8 Å². The van der Waals surface area contributed by atoms with E-state index in [1.54, 1.807) is 0 Å². The predicted molar refractivity (Wildman–Crippen MR) is 83.6 cm³/mol. The highest BCUT2D eigenvalue weighted by Crippen LogP contribution is 2.41. The summed E-state index contributed by atoms with van der Waals surface area (Å²) in [6.45, 7) is 0. The number of β-lactam (4-membered cyclic amide) rings is 1. The third-order valence-corrected chi connectivity index (χ3v) is 5.57. The highest BCUT2D eigenvalue weighted by atomic mass is 35.5. The van der Waals surface area contributed by atoms with Crippen molar-refractivity contribution in [2.75, 3.05) is 11.5 Å². The minimum Gasteiger partial charge on any atom is -0.477 e. The first-order valence-corrected chi connectivity index (χ1v) is 8.52. The molecule has 9 nitrogen and oxygen atoms in total. The van der Waals surface area contributed by atoms with Gasteiger partial charge in [0.25, 0.3) is 5.91 Å². The van der Waals surface area contributed by atoms with Gasteiger partial charge in [-0.2, -0.15) is 4.37 Å². The van der Waals surface area contributed by atoms with Gasteiger partial charge in [-0.15, -0.1) is 11.8 Å². The van der Waals surface area contributed by atoms with E-state index in [0.717, 1.165) is 16.4 Å². The largest absolute Gasteiger partial charge is 0.477 e. The average Bonchev–Trinajstić information content (AvgIpc) is 2.89. The number of amides is 2. The monoisotopic (exact) mass is 375 g/mol. The van der Waals surface area contributed by atoms with Crippen LogP contribution in [0.4, 0.5) is 5.13 Å². The number of nitrogens with one attached hydrogen (secondary N) is 1. The van der Waals surface area contributed by atoms with E-state index in [2.05, 4.69) is 14.7 Å². The van der Waals surface area contributed by atoms with Gasteiger partial charge < -0.3 is 16.2 Å². The second kappa shape index (κ2) is 5.98. The Hall–Kier alpha value is -1.85. The summed E-state index contributed by atoms with van der Waals surface area (Å²) in [4.78, 5) is 40.3. The van der Waals surface area contributed by atoms with E-state index in [1.165, 1.54) is 11.8 Å². The number of carbonyl (C=O) groups is 3. The van der Waals surface area contributed by atoms with Crippen LogP contribution in [0.25, 0.3) is 0 Å². The SMILES string of the molecule is Nc1nc(CC(=O)N[C@@H]2C(=O)N3C(C(=O)O)=C(Cl)CS[C@H]23)ns1. The molecule has 1 aromatic rings. The molecule has 23 heavy (non-hydrogen) atoms. The van der Waals surface area contributed by atoms with Crippen molar-refractivity contribution in [3.8, 4) is 0 Å². The summed E-state index contributed by atoms with van der Waals surface area (Å²) in [7, 11) is 0. The van der Waals surface area contributed by atoms with Crippen molar-refractivity contribution < 1.29 is 19.5 Å². The number of rotatable bonds is 4. The number of halogens is 1. The van der Waals surface area contributed by atoms with Crippen LogP contribution in [0.15, 0.2) is 10.7 Å². The molecule has 12 heteroatoms. The normalized spacial score (nSPS) is 23.3. The smallest absolute Gasteiger partial charge is 0.353 e. The molecule has 0 saturated carbocycles. The average molecular weight is 376 g/mol. The molecular formula is C11H10ClN5O4S2. The first-order chi connectivity index (χ1) is 10.9. The maximum absolute atomic E-state index is 12.1. The third-order valence-electron chi connectivity index (χ3n) is 3.24. The van der Waals surface area contributed by atoms with Gasteiger partial charge in [0.2, 0.25) is 5.91 Å². The number of hydrogen-bond donors (Lipinski definition) is 3. The van der Waals surface area contributed by atoms with Gasteiger partial charge in [-0.3, -0.25) is 14.5 Å². The Bertz CT molecular complexity index is 736. The number of nitrogens with two attached hydrogens (primary N) is 1. The quantitative estimate of drug-likeness (QED) is 0.604. The van der Waals surface area contributed by atoms with E-state index < -0.39 is 29.2 Å². The van der Waals surface area contributed by atoms with Crippen LogP contribution in [0.1, 0.15) is 5.82 Å². The van der Waals surface area contributed by atoms with Crippen molar-refractivity contribution in [3.63, 3.8) is 0 Å². The lowest BCUT2D eigenvalue weighted by atomic mass is 10.0. The molecule has 0 aromatic carbocycles. The molecule has 1 saturated heterocycles. The van der Waals surface area contributed by atoms with Gasteiger partial charge in [-0.05, 0) is 0 Å². The summed E-state index contributed by atoms with van der Waals surface area (Å²) < 4.78 is 3.89. The fraction of sp³-hybridized carbons (Fsp3) is 0.364. The van der Waals surface area contributed by atoms with Gasteiger partial charge >= 0.3 is 5.97 Å². The molecule has 2 aliphatic heterocycles.